The second-order valence-electron chi connectivity index (χ2n) is 5.39. The molecule has 1 unspecified atom stereocenters. The maximum Gasteiger partial charge on any atom is 0.269 e. The zero-order valence-electron chi connectivity index (χ0n) is 13.7. The summed E-state index contributed by atoms with van der Waals surface area (Å²) >= 11 is -1.69. The quantitative estimate of drug-likeness (QED) is 0.614. The van der Waals surface area contributed by atoms with Crippen LogP contribution in [0.4, 0.5) is 11.4 Å². The van der Waals surface area contributed by atoms with Gasteiger partial charge in [-0.3, -0.25) is 0 Å². The van der Waals surface area contributed by atoms with E-state index in [2.05, 4.69) is 24.7 Å². The average molecular weight is 357 g/mol. The summed E-state index contributed by atoms with van der Waals surface area (Å²) in [5.41, 5.74) is 2.11. The monoisotopic (exact) mass is 357 g/mol. The molecule has 4 N–H and O–H groups in total. The number of phenolic OH excluding ortho intramolecular Hbond substituents is 1. The molecule has 1 aliphatic heterocycles. The number of hydrogen-bond acceptors (Lipinski definition) is 5. The van der Waals surface area contributed by atoms with Gasteiger partial charge in [-0.25, -0.2) is 4.21 Å². The van der Waals surface area contributed by atoms with Gasteiger partial charge in [0.1, 0.15) is 5.75 Å². The van der Waals surface area contributed by atoms with E-state index in [1.165, 1.54) is 0 Å². The molecule has 0 bridgehead atoms. The van der Waals surface area contributed by atoms with E-state index in [-0.39, 0.29) is 5.75 Å². The lowest BCUT2D eigenvalue weighted by atomic mass is 10.1. The normalized spacial score (nSPS) is 16.3. The first-order chi connectivity index (χ1) is 12.2. The van der Waals surface area contributed by atoms with Crippen LogP contribution < -0.4 is 16.0 Å². The predicted octanol–water partition coefficient (Wildman–Crippen LogP) is 2.07. The number of benzene rings is 2. The first-order valence-corrected chi connectivity index (χ1v) is 8.88. The molecule has 3 rings (SSSR count). The number of rotatable bonds is 5. The molecule has 7 nitrogen and oxygen atoms in total. The van der Waals surface area contributed by atoms with Crippen molar-refractivity contribution in [2.75, 3.05) is 24.2 Å². The van der Waals surface area contributed by atoms with Gasteiger partial charge in [0.15, 0.2) is 11.7 Å². The zero-order chi connectivity index (χ0) is 17.6. The van der Waals surface area contributed by atoms with Crippen LogP contribution in [0, 0.1) is 0 Å². The molecular weight excluding hydrogens is 338 g/mol. The lowest BCUT2D eigenvalue weighted by Crippen LogP contribution is -2.27. The van der Waals surface area contributed by atoms with E-state index in [4.69, 9.17) is 0 Å². The molecule has 1 aliphatic rings. The van der Waals surface area contributed by atoms with Crippen LogP contribution in [0.1, 0.15) is 5.56 Å². The van der Waals surface area contributed by atoms with Crippen molar-refractivity contribution in [1.82, 2.24) is 5.32 Å². The van der Waals surface area contributed by atoms with Gasteiger partial charge in [-0.15, -0.1) is 8.80 Å². The van der Waals surface area contributed by atoms with Gasteiger partial charge in [0.2, 0.25) is 0 Å². The number of para-hydroxylation sites is 2. The lowest BCUT2D eigenvalue weighted by molar-refractivity contribution is 0.470. The van der Waals surface area contributed by atoms with Crippen molar-refractivity contribution < 1.29 is 9.32 Å². The van der Waals surface area contributed by atoms with Crippen LogP contribution in [0.5, 0.6) is 5.75 Å². The Balaban J connectivity index is 1.79. The third-order valence-corrected chi connectivity index (χ3v) is 4.29. The summed E-state index contributed by atoms with van der Waals surface area (Å²) in [7, 11) is 1.86. The molecular formula is C17H19N5O2S. The number of nitrogens with one attached hydrogen (secondary N) is 3. The van der Waals surface area contributed by atoms with Crippen LogP contribution in [-0.2, 0) is 17.6 Å². The minimum atomic E-state index is -1.69. The smallest absolute Gasteiger partial charge is 0.269 e. The second kappa shape index (κ2) is 7.91. The minimum absolute atomic E-state index is 0.150. The number of phenols is 1. The van der Waals surface area contributed by atoms with Gasteiger partial charge in [-0.05, 0) is 43.8 Å². The van der Waals surface area contributed by atoms with Crippen LogP contribution in [-0.4, -0.2) is 34.6 Å². The highest BCUT2D eigenvalue weighted by Gasteiger charge is 2.21. The molecule has 1 heterocycles. The third-order valence-electron chi connectivity index (χ3n) is 3.62. The topological polar surface area (TPSA) is 98.1 Å². The summed E-state index contributed by atoms with van der Waals surface area (Å²) in [4.78, 5) is 0. The van der Waals surface area contributed by atoms with E-state index in [9.17, 15) is 9.32 Å². The molecule has 0 saturated heterocycles. The van der Waals surface area contributed by atoms with Crippen molar-refractivity contribution >= 4 is 34.2 Å². The Morgan fingerprint density at radius 1 is 1.00 bits per heavy atom. The summed E-state index contributed by atoms with van der Waals surface area (Å²) < 4.78 is 19.7. The minimum Gasteiger partial charge on any atom is -0.505 e. The number of nitrogens with zero attached hydrogens (tertiary/aromatic N) is 2. The average Bonchev–Trinajstić information content (AvgIpc) is 2.95. The molecule has 0 amide bonds. The summed E-state index contributed by atoms with van der Waals surface area (Å²) in [5, 5.41) is 19.6. The first kappa shape index (κ1) is 17.1. The van der Waals surface area contributed by atoms with Crippen LogP contribution in [0.25, 0.3) is 0 Å². The third kappa shape index (κ3) is 4.23. The molecule has 1 atom stereocenters. The standard InChI is InChI=1S/C17H19N5O2S/c1-18-11-10-12-6-5-9-14(15(12)23)20-17-16(21-25(24)22-17)19-13-7-3-2-4-8-13/h2-9,18,23H,10-11H2,1H3,(H,19,21)(H,20,22). The fourth-order valence-electron chi connectivity index (χ4n) is 2.37. The highest BCUT2D eigenvalue weighted by molar-refractivity contribution is 7.83. The Kier molecular flexibility index (Phi) is 5.42. The summed E-state index contributed by atoms with van der Waals surface area (Å²) in [6.07, 6.45) is 0.694. The molecule has 0 saturated carbocycles. The molecule has 2 aromatic rings. The van der Waals surface area contributed by atoms with Gasteiger partial charge in [0, 0.05) is 5.69 Å². The molecule has 8 heteroatoms. The van der Waals surface area contributed by atoms with Crippen LogP contribution in [0.2, 0.25) is 0 Å². The highest BCUT2D eigenvalue weighted by atomic mass is 32.2. The van der Waals surface area contributed by atoms with Crippen LogP contribution in [0.15, 0.2) is 57.3 Å². The van der Waals surface area contributed by atoms with Gasteiger partial charge in [-0.2, -0.15) is 0 Å². The molecule has 0 radical (unpaired) electrons. The number of hydrogen-bond donors (Lipinski definition) is 4. The van der Waals surface area contributed by atoms with Crippen molar-refractivity contribution in [3.8, 4) is 5.75 Å². The molecule has 25 heavy (non-hydrogen) atoms. The Bertz CT molecular complexity index is 836. The van der Waals surface area contributed by atoms with Crippen LogP contribution in [0.3, 0.4) is 0 Å². The number of aromatic hydroxyl groups is 1. The maximum absolute atomic E-state index is 11.7. The van der Waals surface area contributed by atoms with E-state index in [0.29, 0.717) is 23.8 Å². The molecule has 0 aromatic heterocycles. The van der Waals surface area contributed by atoms with E-state index >= 15 is 0 Å². The van der Waals surface area contributed by atoms with E-state index in [0.717, 1.165) is 17.8 Å². The van der Waals surface area contributed by atoms with E-state index < -0.39 is 11.2 Å². The molecule has 130 valence electrons. The molecule has 2 aromatic carbocycles. The Labute approximate surface area is 148 Å². The summed E-state index contributed by atoms with van der Waals surface area (Å²) in [6.45, 7) is 0.754. The highest BCUT2D eigenvalue weighted by Crippen LogP contribution is 2.28. The SMILES string of the molecule is CNCCc1cccc(NC2=NS(=O)N=C2Nc2ccccc2)c1O. The number of anilines is 2. The van der Waals surface area contributed by atoms with Crippen molar-refractivity contribution in [3.05, 3.63) is 54.1 Å². The second-order valence-corrected chi connectivity index (χ2v) is 6.22. The van der Waals surface area contributed by atoms with E-state index in [1.807, 2.05) is 49.5 Å². The van der Waals surface area contributed by atoms with Gasteiger partial charge in [-0.1, -0.05) is 30.3 Å². The summed E-state index contributed by atoms with van der Waals surface area (Å²) in [6, 6.07) is 14.9. The Morgan fingerprint density at radius 2 is 1.72 bits per heavy atom. The predicted molar refractivity (Wildman–Crippen MR) is 102 cm³/mol. The van der Waals surface area contributed by atoms with Crippen molar-refractivity contribution in [2.24, 2.45) is 8.80 Å². The van der Waals surface area contributed by atoms with Crippen LogP contribution >= 0.6 is 0 Å². The van der Waals surface area contributed by atoms with Crippen molar-refractivity contribution in [1.29, 1.82) is 0 Å². The van der Waals surface area contributed by atoms with E-state index in [1.54, 1.807) is 6.07 Å². The van der Waals surface area contributed by atoms with Gasteiger partial charge < -0.3 is 21.1 Å². The fraction of sp³-hybridized carbons (Fsp3) is 0.176. The molecule has 0 fully saturated rings. The van der Waals surface area contributed by atoms with Crippen molar-refractivity contribution in [2.45, 2.75) is 6.42 Å². The van der Waals surface area contributed by atoms with Gasteiger partial charge >= 0.3 is 0 Å². The lowest BCUT2D eigenvalue weighted by Gasteiger charge is -2.13. The summed E-state index contributed by atoms with van der Waals surface area (Å²) in [5.74, 6) is 0.838. The Morgan fingerprint density at radius 3 is 2.44 bits per heavy atom. The number of likely N-dealkylation sites (N-methyl/N-ethyl adjacent to an activating group) is 1. The van der Waals surface area contributed by atoms with Gasteiger partial charge in [0.05, 0.1) is 5.69 Å². The molecule has 0 aliphatic carbocycles. The largest absolute Gasteiger partial charge is 0.505 e. The number of amidine groups is 2. The maximum atomic E-state index is 11.7. The van der Waals surface area contributed by atoms with Gasteiger partial charge in [0.25, 0.3) is 11.2 Å². The Hall–Kier alpha value is -2.71. The van der Waals surface area contributed by atoms with Crippen molar-refractivity contribution in [3.63, 3.8) is 0 Å². The zero-order valence-corrected chi connectivity index (χ0v) is 14.5. The fourth-order valence-corrected chi connectivity index (χ4v) is 2.98. The first-order valence-electron chi connectivity index (χ1n) is 7.81. The molecule has 0 spiro atoms.